The van der Waals surface area contributed by atoms with Gasteiger partial charge >= 0.3 is 0 Å². The average molecular weight is 239 g/mol. The number of nitrogens with two attached hydrogens (primary N) is 1. The summed E-state index contributed by atoms with van der Waals surface area (Å²) in [6, 6.07) is -0.0507. The molecule has 6 heteroatoms. The van der Waals surface area contributed by atoms with Crippen molar-refractivity contribution in [2.75, 3.05) is 20.3 Å². The van der Waals surface area contributed by atoms with Gasteiger partial charge in [-0.2, -0.15) is 4.98 Å². The van der Waals surface area contributed by atoms with Gasteiger partial charge in [0.2, 0.25) is 11.7 Å². The van der Waals surface area contributed by atoms with Gasteiger partial charge in [-0.1, -0.05) is 5.16 Å². The van der Waals surface area contributed by atoms with Gasteiger partial charge in [0.05, 0.1) is 19.1 Å². The Morgan fingerprint density at radius 3 is 2.82 bits per heavy atom. The number of hydrogen-bond donors (Lipinski definition) is 1. The van der Waals surface area contributed by atoms with Crippen LogP contribution in [-0.4, -0.2) is 36.5 Å². The number of aromatic nitrogens is 2. The zero-order valence-electron chi connectivity index (χ0n) is 9.83. The molecule has 94 valence electrons. The van der Waals surface area contributed by atoms with Gasteiger partial charge in [-0.15, -0.1) is 0 Å². The molecule has 3 unspecified atom stereocenters. The third kappa shape index (κ3) is 2.08. The molecule has 1 saturated carbocycles. The highest BCUT2D eigenvalue weighted by Crippen LogP contribution is 2.42. The van der Waals surface area contributed by atoms with E-state index in [0.29, 0.717) is 30.8 Å². The fraction of sp³-hybridized carbons (Fsp3) is 0.818. The first kappa shape index (κ1) is 11.1. The van der Waals surface area contributed by atoms with Gasteiger partial charge < -0.3 is 19.7 Å². The summed E-state index contributed by atoms with van der Waals surface area (Å²) in [5.41, 5.74) is 5.92. The average Bonchev–Trinajstić information content (AvgIpc) is 2.87. The van der Waals surface area contributed by atoms with Gasteiger partial charge in [0, 0.05) is 13.2 Å². The van der Waals surface area contributed by atoms with Crippen molar-refractivity contribution in [2.24, 2.45) is 11.7 Å². The minimum Gasteiger partial charge on any atom is -0.379 e. The Hall–Kier alpha value is -0.980. The Balaban J connectivity index is 1.77. The van der Waals surface area contributed by atoms with Crippen LogP contribution >= 0.6 is 0 Å². The first-order chi connectivity index (χ1) is 8.29. The van der Waals surface area contributed by atoms with E-state index in [-0.39, 0.29) is 18.1 Å². The Kier molecular flexibility index (Phi) is 2.85. The molecule has 3 rings (SSSR count). The van der Waals surface area contributed by atoms with Gasteiger partial charge in [0.1, 0.15) is 6.10 Å². The van der Waals surface area contributed by atoms with Crippen LogP contribution in [0.15, 0.2) is 4.52 Å². The first-order valence-electron chi connectivity index (χ1n) is 5.99. The summed E-state index contributed by atoms with van der Waals surface area (Å²) in [7, 11) is 1.68. The van der Waals surface area contributed by atoms with Crippen molar-refractivity contribution in [2.45, 2.75) is 30.9 Å². The van der Waals surface area contributed by atoms with Crippen molar-refractivity contribution in [1.82, 2.24) is 10.1 Å². The third-order valence-electron chi connectivity index (χ3n) is 3.46. The first-order valence-corrected chi connectivity index (χ1v) is 5.99. The van der Waals surface area contributed by atoms with Crippen LogP contribution in [0.1, 0.15) is 36.6 Å². The quantitative estimate of drug-likeness (QED) is 0.828. The van der Waals surface area contributed by atoms with Crippen LogP contribution in [0, 0.1) is 5.92 Å². The molecule has 1 aliphatic heterocycles. The van der Waals surface area contributed by atoms with Crippen molar-refractivity contribution in [3.8, 4) is 0 Å². The van der Waals surface area contributed by atoms with E-state index in [2.05, 4.69) is 10.1 Å². The second-order valence-corrected chi connectivity index (χ2v) is 4.79. The monoisotopic (exact) mass is 239 g/mol. The molecule has 2 fully saturated rings. The van der Waals surface area contributed by atoms with Gasteiger partial charge in [0.15, 0.2) is 0 Å². The van der Waals surface area contributed by atoms with E-state index in [4.69, 9.17) is 19.7 Å². The molecule has 1 aliphatic carbocycles. The van der Waals surface area contributed by atoms with Crippen LogP contribution in [0.25, 0.3) is 0 Å². The van der Waals surface area contributed by atoms with E-state index in [9.17, 15) is 0 Å². The maximum absolute atomic E-state index is 5.92. The standard InChI is InChI=1S/C11H17N3O3/c1-15-9(6-2-3-6)10-13-11(17-14-10)7-4-16-5-8(7)12/h6-9H,2-5,12H2,1H3. The van der Waals surface area contributed by atoms with Crippen LogP contribution in [-0.2, 0) is 9.47 Å². The lowest BCUT2D eigenvalue weighted by Gasteiger charge is -2.09. The molecule has 0 radical (unpaired) electrons. The molecule has 17 heavy (non-hydrogen) atoms. The summed E-state index contributed by atoms with van der Waals surface area (Å²) in [4.78, 5) is 4.41. The predicted octanol–water partition coefficient (Wildman–Crippen LogP) is 0.608. The van der Waals surface area contributed by atoms with Crippen molar-refractivity contribution >= 4 is 0 Å². The van der Waals surface area contributed by atoms with E-state index < -0.39 is 0 Å². The smallest absolute Gasteiger partial charge is 0.233 e. The van der Waals surface area contributed by atoms with E-state index in [1.54, 1.807) is 7.11 Å². The van der Waals surface area contributed by atoms with Gasteiger partial charge in [-0.25, -0.2) is 0 Å². The molecule has 1 aromatic heterocycles. The van der Waals surface area contributed by atoms with E-state index >= 15 is 0 Å². The lowest BCUT2D eigenvalue weighted by molar-refractivity contribution is 0.0751. The number of rotatable bonds is 4. The summed E-state index contributed by atoms with van der Waals surface area (Å²) in [6.45, 7) is 1.11. The molecule has 0 bridgehead atoms. The summed E-state index contributed by atoms with van der Waals surface area (Å²) in [5, 5.41) is 4.01. The minimum atomic E-state index is -0.0507. The molecule has 0 amide bonds. The number of ether oxygens (including phenoxy) is 2. The second-order valence-electron chi connectivity index (χ2n) is 4.79. The van der Waals surface area contributed by atoms with Crippen LogP contribution in [0.3, 0.4) is 0 Å². The van der Waals surface area contributed by atoms with E-state index in [1.165, 1.54) is 12.8 Å². The van der Waals surface area contributed by atoms with Crippen molar-refractivity contribution in [3.05, 3.63) is 11.7 Å². The van der Waals surface area contributed by atoms with E-state index in [0.717, 1.165) is 0 Å². The summed E-state index contributed by atoms with van der Waals surface area (Å²) in [6.07, 6.45) is 2.31. The van der Waals surface area contributed by atoms with Crippen molar-refractivity contribution < 1.29 is 14.0 Å². The normalized spacial score (nSPS) is 30.7. The van der Waals surface area contributed by atoms with Crippen molar-refractivity contribution in [3.63, 3.8) is 0 Å². The maximum atomic E-state index is 5.92. The molecular formula is C11H17N3O3. The number of hydrogen-bond acceptors (Lipinski definition) is 6. The summed E-state index contributed by atoms with van der Waals surface area (Å²) in [5.74, 6) is 1.78. The Morgan fingerprint density at radius 2 is 2.24 bits per heavy atom. The number of nitrogens with zero attached hydrogens (tertiary/aromatic N) is 2. The van der Waals surface area contributed by atoms with E-state index in [1.807, 2.05) is 0 Å². The zero-order chi connectivity index (χ0) is 11.8. The van der Waals surface area contributed by atoms with Gasteiger partial charge in [0.25, 0.3) is 0 Å². The molecule has 3 atom stereocenters. The van der Waals surface area contributed by atoms with Gasteiger partial charge in [-0.05, 0) is 18.8 Å². The molecule has 1 saturated heterocycles. The molecule has 2 N–H and O–H groups in total. The molecule has 1 aromatic rings. The Bertz CT molecular complexity index is 375. The SMILES string of the molecule is COC(c1noc(C2COCC2N)n1)C1CC1. The summed E-state index contributed by atoms with van der Waals surface area (Å²) >= 11 is 0. The summed E-state index contributed by atoms with van der Waals surface area (Å²) < 4.78 is 16.0. The molecule has 0 aromatic carbocycles. The highest BCUT2D eigenvalue weighted by atomic mass is 16.5. The van der Waals surface area contributed by atoms with Crippen LogP contribution in [0.2, 0.25) is 0 Å². The second kappa shape index (κ2) is 4.36. The molecule has 6 nitrogen and oxygen atoms in total. The minimum absolute atomic E-state index is 0.0213. The fourth-order valence-corrected chi connectivity index (χ4v) is 2.25. The fourth-order valence-electron chi connectivity index (χ4n) is 2.25. The number of methoxy groups -OCH3 is 1. The highest BCUT2D eigenvalue weighted by molar-refractivity contribution is 5.04. The van der Waals surface area contributed by atoms with Crippen LogP contribution < -0.4 is 5.73 Å². The lowest BCUT2D eigenvalue weighted by atomic mass is 10.1. The lowest BCUT2D eigenvalue weighted by Crippen LogP contribution is -2.27. The molecular weight excluding hydrogens is 222 g/mol. The van der Waals surface area contributed by atoms with Gasteiger partial charge in [-0.3, -0.25) is 0 Å². The predicted molar refractivity (Wildman–Crippen MR) is 58.3 cm³/mol. The van der Waals surface area contributed by atoms with Crippen LogP contribution in [0.5, 0.6) is 0 Å². The Labute approximate surface area is 99.5 Å². The largest absolute Gasteiger partial charge is 0.379 e. The molecule has 0 spiro atoms. The molecule has 2 aliphatic rings. The molecule has 2 heterocycles. The topological polar surface area (TPSA) is 83.4 Å². The van der Waals surface area contributed by atoms with Crippen LogP contribution in [0.4, 0.5) is 0 Å². The Morgan fingerprint density at radius 1 is 1.41 bits per heavy atom. The zero-order valence-corrected chi connectivity index (χ0v) is 9.83. The maximum Gasteiger partial charge on any atom is 0.233 e. The van der Waals surface area contributed by atoms with Crippen molar-refractivity contribution in [1.29, 1.82) is 0 Å². The third-order valence-corrected chi connectivity index (χ3v) is 3.46. The highest BCUT2D eigenvalue weighted by Gasteiger charge is 2.37.